The molecule has 1 aliphatic heterocycles. The van der Waals surface area contributed by atoms with Crippen molar-refractivity contribution in [3.8, 4) is 0 Å². The van der Waals surface area contributed by atoms with E-state index >= 15 is 0 Å². The molecular formula is C18H20N6O4S. The minimum atomic E-state index is -0.635. The first-order chi connectivity index (χ1) is 13.9. The molecule has 0 bridgehead atoms. The number of aryl methyl sites for hydroxylation is 1. The molecule has 2 amide bonds. The van der Waals surface area contributed by atoms with E-state index in [9.17, 15) is 14.4 Å². The van der Waals surface area contributed by atoms with Crippen molar-refractivity contribution >= 4 is 33.2 Å². The fraction of sp³-hybridized carbons (Fsp3) is 0.389. The van der Waals surface area contributed by atoms with Crippen LogP contribution in [0, 0.1) is 6.92 Å². The van der Waals surface area contributed by atoms with Gasteiger partial charge in [-0.15, -0.1) is 5.10 Å². The van der Waals surface area contributed by atoms with E-state index in [1.165, 1.54) is 29.9 Å². The van der Waals surface area contributed by atoms with Crippen LogP contribution in [0.1, 0.15) is 23.0 Å². The van der Waals surface area contributed by atoms with Crippen molar-refractivity contribution in [2.45, 2.75) is 19.9 Å². The molecular weight excluding hydrogens is 396 g/mol. The Bertz CT molecular complexity index is 1100. The Morgan fingerprint density at radius 3 is 2.72 bits per heavy atom. The molecule has 0 aliphatic carbocycles. The summed E-state index contributed by atoms with van der Waals surface area (Å²) in [6.07, 6.45) is 2.75. The molecule has 1 saturated heterocycles. The largest absolute Gasteiger partial charge is 0.472 e. The second kappa shape index (κ2) is 7.66. The maximum Gasteiger partial charge on any atom is 0.274 e. The molecule has 4 heterocycles. The summed E-state index contributed by atoms with van der Waals surface area (Å²) in [5, 5.41) is 8.00. The average Bonchev–Trinajstić information content (AvgIpc) is 3.37. The minimum Gasteiger partial charge on any atom is -0.472 e. The van der Waals surface area contributed by atoms with Crippen molar-refractivity contribution in [1.82, 2.24) is 24.8 Å². The highest BCUT2D eigenvalue weighted by molar-refractivity contribution is 7.20. The fourth-order valence-electron chi connectivity index (χ4n) is 3.20. The van der Waals surface area contributed by atoms with Gasteiger partial charge >= 0.3 is 0 Å². The molecule has 0 aromatic carbocycles. The number of anilines is 1. The second-order valence-corrected chi connectivity index (χ2v) is 7.77. The molecule has 10 nitrogen and oxygen atoms in total. The Labute approximate surface area is 169 Å². The first-order valence-corrected chi connectivity index (χ1v) is 9.98. The summed E-state index contributed by atoms with van der Waals surface area (Å²) in [5.41, 5.74) is 0.839. The van der Waals surface area contributed by atoms with Gasteiger partial charge in [0.2, 0.25) is 16.0 Å². The summed E-state index contributed by atoms with van der Waals surface area (Å²) in [6.45, 7) is 5.74. The summed E-state index contributed by atoms with van der Waals surface area (Å²) < 4.78 is 6.55. The second-order valence-electron chi connectivity index (χ2n) is 6.83. The van der Waals surface area contributed by atoms with Crippen LogP contribution in [0.5, 0.6) is 0 Å². The molecule has 1 aliphatic rings. The number of amides is 2. The highest BCUT2D eigenvalue weighted by Gasteiger charge is 2.27. The summed E-state index contributed by atoms with van der Waals surface area (Å²) in [6, 6.07) is 2.37. The Morgan fingerprint density at radius 2 is 2.03 bits per heavy atom. The van der Waals surface area contributed by atoms with E-state index in [2.05, 4.69) is 20.3 Å². The van der Waals surface area contributed by atoms with Gasteiger partial charge in [-0.2, -0.15) is 4.98 Å². The van der Waals surface area contributed by atoms with Gasteiger partial charge in [0.05, 0.1) is 11.8 Å². The van der Waals surface area contributed by atoms with Gasteiger partial charge in [-0.25, -0.2) is 4.52 Å². The average molecular weight is 416 g/mol. The van der Waals surface area contributed by atoms with Crippen LogP contribution in [0.25, 0.3) is 4.96 Å². The van der Waals surface area contributed by atoms with Gasteiger partial charge in [-0.1, -0.05) is 11.3 Å². The van der Waals surface area contributed by atoms with E-state index in [1.807, 2.05) is 6.92 Å². The van der Waals surface area contributed by atoms with Gasteiger partial charge in [0.15, 0.2) is 0 Å². The lowest BCUT2D eigenvalue weighted by Gasteiger charge is -2.35. The minimum absolute atomic E-state index is 0.131. The van der Waals surface area contributed by atoms with Gasteiger partial charge in [0.25, 0.3) is 11.5 Å². The molecule has 3 aromatic rings. The van der Waals surface area contributed by atoms with E-state index < -0.39 is 6.04 Å². The quantitative estimate of drug-likeness (QED) is 0.660. The zero-order chi connectivity index (χ0) is 20.5. The molecule has 0 spiro atoms. The number of rotatable bonds is 4. The van der Waals surface area contributed by atoms with E-state index in [4.69, 9.17) is 4.42 Å². The van der Waals surface area contributed by atoms with E-state index in [-0.39, 0.29) is 17.4 Å². The van der Waals surface area contributed by atoms with Crippen molar-refractivity contribution < 1.29 is 14.0 Å². The molecule has 1 fully saturated rings. The molecule has 29 heavy (non-hydrogen) atoms. The van der Waals surface area contributed by atoms with E-state index in [1.54, 1.807) is 22.4 Å². The van der Waals surface area contributed by atoms with Gasteiger partial charge in [0.1, 0.15) is 12.3 Å². The number of hydrogen-bond acceptors (Lipinski definition) is 8. The van der Waals surface area contributed by atoms with Crippen molar-refractivity contribution in [2.24, 2.45) is 0 Å². The summed E-state index contributed by atoms with van der Waals surface area (Å²) in [4.78, 5) is 44.7. The SMILES string of the molecule is Cc1cc(=O)nc2sc(N3CCN(C(=O)[C@H](C)NC(=O)c4ccoc4)CC3)nn12. The van der Waals surface area contributed by atoms with Crippen molar-refractivity contribution in [1.29, 1.82) is 0 Å². The van der Waals surface area contributed by atoms with Crippen LogP contribution >= 0.6 is 11.3 Å². The summed E-state index contributed by atoms with van der Waals surface area (Å²) in [7, 11) is 0. The number of nitrogens with one attached hydrogen (secondary N) is 1. The molecule has 0 saturated carbocycles. The van der Waals surface area contributed by atoms with E-state index in [0.29, 0.717) is 36.7 Å². The van der Waals surface area contributed by atoms with Crippen LogP contribution in [0.4, 0.5) is 5.13 Å². The number of nitrogens with zero attached hydrogens (tertiary/aromatic N) is 5. The maximum absolute atomic E-state index is 12.7. The number of fused-ring (bicyclic) bond motifs is 1. The lowest BCUT2D eigenvalue weighted by Crippen LogP contribution is -2.54. The lowest BCUT2D eigenvalue weighted by molar-refractivity contribution is -0.133. The van der Waals surface area contributed by atoms with Gasteiger partial charge < -0.3 is 19.5 Å². The summed E-state index contributed by atoms with van der Waals surface area (Å²) in [5.74, 6) is -0.473. The van der Waals surface area contributed by atoms with Gasteiger partial charge in [0, 0.05) is 37.9 Å². The van der Waals surface area contributed by atoms with Gasteiger partial charge in [-0.05, 0) is 19.9 Å². The maximum atomic E-state index is 12.7. The molecule has 11 heteroatoms. The van der Waals surface area contributed by atoms with E-state index in [0.717, 1.165) is 10.8 Å². The third-order valence-corrected chi connectivity index (χ3v) is 5.75. The monoisotopic (exact) mass is 416 g/mol. The summed E-state index contributed by atoms with van der Waals surface area (Å²) >= 11 is 1.35. The lowest BCUT2D eigenvalue weighted by atomic mass is 10.2. The molecule has 152 valence electrons. The molecule has 1 atom stereocenters. The number of furan rings is 1. The van der Waals surface area contributed by atoms with Crippen LogP contribution in [-0.4, -0.2) is 63.5 Å². The highest BCUT2D eigenvalue weighted by Crippen LogP contribution is 2.23. The zero-order valence-corrected chi connectivity index (χ0v) is 16.8. The predicted molar refractivity (Wildman–Crippen MR) is 106 cm³/mol. The van der Waals surface area contributed by atoms with Crippen molar-refractivity contribution in [2.75, 3.05) is 31.1 Å². The number of aromatic nitrogens is 3. The number of carbonyl (C=O) groups is 2. The number of piperazine rings is 1. The Morgan fingerprint density at radius 1 is 1.28 bits per heavy atom. The number of carbonyl (C=O) groups excluding carboxylic acids is 2. The zero-order valence-electron chi connectivity index (χ0n) is 16.0. The first kappa shape index (κ1) is 19.1. The number of hydrogen-bond donors (Lipinski definition) is 1. The molecule has 1 N–H and O–H groups in total. The third-order valence-electron chi connectivity index (χ3n) is 4.78. The van der Waals surface area contributed by atoms with Crippen LogP contribution in [0.3, 0.4) is 0 Å². The normalized spacial score (nSPS) is 15.5. The van der Waals surface area contributed by atoms with Crippen LogP contribution in [0.15, 0.2) is 33.9 Å². The standard InChI is InChI=1S/C18H20N6O4S/c1-11-9-14(25)20-17-24(11)21-18(29-17)23-6-4-22(5-7-23)16(27)12(2)19-15(26)13-3-8-28-10-13/h3,8-10,12H,4-7H2,1-2H3,(H,19,26)/t12-/m0/s1. The predicted octanol–water partition coefficient (Wildman–Crippen LogP) is 0.520. The first-order valence-electron chi connectivity index (χ1n) is 9.16. The molecule has 0 radical (unpaired) electrons. The van der Waals surface area contributed by atoms with Gasteiger partial charge in [-0.3, -0.25) is 14.4 Å². The Hall–Kier alpha value is -3.21. The van der Waals surface area contributed by atoms with Crippen molar-refractivity contribution in [3.63, 3.8) is 0 Å². The molecule has 0 unspecified atom stereocenters. The smallest absolute Gasteiger partial charge is 0.274 e. The molecule has 4 rings (SSSR count). The Kier molecular flexibility index (Phi) is 5.05. The fourth-order valence-corrected chi connectivity index (χ4v) is 4.20. The highest BCUT2D eigenvalue weighted by atomic mass is 32.1. The Balaban J connectivity index is 1.37. The van der Waals surface area contributed by atoms with Crippen LogP contribution in [0.2, 0.25) is 0 Å². The topological polar surface area (TPSA) is 113 Å². The van der Waals surface area contributed by atoms with Crippen LogP contribution in [-0.2, 0) is 4.79 Å². The third kappa shape index (κ3) is 3.86. The van der Waals surface area contributed by atoms with Crippen LogP contribution < -0.4 is 15.8 Å². The van der Waals surface area contributed by atoms with Crippen molar-refractivity contribution in [3.05, 3.63) is 46.3 Å². The molecule has 3 aromatic heterocycles.